The molecule has 24 heavy (non-hydrogen) atoms. The van der Waals surface area contributed by atoms with E-state index in [1.165, 1.54) is 4.90 Å². The van der Waals surface area contributed by atoms with Crippen LogP contribution < -0.4 is 15.0 Å². The molecule has 1 aromatic rings. The van der Waals surface area contributed by atoms with E-state index in [1.807, 2.05) is 6.92 Å². The van der Waals surface area contributed by atoms with Crippen LogP contribution in [0.2, 0.25) is 0 Å². The number of Topliss-reactive ketones (excluding diaryl/α,β-unsaturated/α-hetero) is 1. The van der Waals surface area contributed by atoms with E-state index in [9.17, 15) is 14.4 Å². The topological polar surface area (TPSA) is 84.9 Å². The molecule has 1 aliphatic heterocycles. The molecule has 0 unspecified atom stereocenters. The molecule has 0 bridgehead atoms. The first-order valence-corrected chi connectivity index (χ1v) is 7.92. The highest BCUT2D eigenvalue weighted by Crippen LogP contribution is 2.33. The summed E-state index contributed by atoms with van der Waals surface area (Å²) in [6, 6.07) is 4.97. The smallest absolute Gasteiger partial charge is 0.265 e. The number of nitrogens with zero attached hydrogens (tertiary/aromatic N) is 1. The number of fused-ring (bicyclic) bond motifs is 1. The maximum Gasteiger partial charge on any atom is 0.265 e. The Balaban J connectivity index is 2.18. The van der Waals surface area contributed by atoms with Crippen LogP contribution in [0.4, 0.5) is 5.69 Å². The van der Waals surface area contributed by atoms with Gasteiger partial charge in [0.1, 0.15) is 12.3 Å². The maximum absolute atomic E-state index is 12.1. The summed E-state index contributed by atoms with van der Waals surface area (Å²) in [5.41, 5.74) is 0.966. The second-order valence-corrected chi connectivity index (χ2v) is 5.47. The zero-order valence-corrected chi connectivity index (χ0v) is 14.0. The zero-order valence-electron chi connectivity index (χ0n) is 14.0. The number of carbonyl (C=O) groups excluding carboxylic acids is 3. The minimum absolute atomic E-state index is 0.00261. The molecule has 1 heterocycles. The first-order valence-electron chi connectivity index (χ1n) is 7.92. The van der Waals surface area contributed by atoms with Gasteiger partial charge in [-0.1, -0.05) is 6.92 Å². The van der Waals surface area contributed by atoms with Crippen LogP contribution in [0.5, 0.6) is 5.75 Å². The Hall–Kier alpha value is -2.41. The van der Waals surface area contributed by atoms with Gasteiger partial charge in [-0.2, -0.15) is 0 Å². The normalized spacial score (nSPS) is 13.2. The van der Waals surface area contributed by atoms with E-state index >= 15 is 0 Å². The molecule has 1 aromatic carbocycles. The summed E-state index contributed by atoms with van der Waals surface area (Å²) in [5, 5.41) is 2.67. The second kappa shape index (κ2) is 8.44. The number of amides is 2. The minimum Gasteiger partial charge on any atom is -0.482 e. The lowest BCUT2D eigenvalue weighted by Gasteiger charge is -2.29. The fraction of sp³-hybridized carbons (Fsp3) is 0.471. The number of anilines is 1. The molecular weight excluding hydrogens is 312 g/mol. The molecule has 0 radical (unpaired) electrons. The van der Waals surface area contributed by atoms with E-state index < -0.39 is 0 Å². The average Bonchev–Trinajstić information content (AvgIpc) is 2.57. The number of rotatable bonds is 8. The number of carbonyl (C=O) groups is 3. The summed E-state index contributed by atoms with van der Waals surface area (Å²) >= 11 is 0. The van der Waals surface area contributed by atoms with Crippen molar-refractivity contribution in [3.05, 3.63) is 23.8 Å². The quantitative estimate of drug-likeness (QED) is 0.569. The summed E-state index contributed by atoms with van der Waals surface area (Å²) in [6.07, 6.45) is 1.18. The van der Waals surface area contributed by atoms with Crippen LogP contribution in [-0.2, 0) is 14.3 Å². The van der Waals surface area contributed by atoms with Gasteiger partial charge in [-0.05, 0) is 24.6 Å². The Morgan fingerprint density at radius 3 is 2.88 bits per heavy atom. The number of hydrogen-bond donors (Lipinski definition) is 1. The van der Waals surface area contributed by atoms with E-state index in [1.54, 1.807) is 25.3 Å². The molecular formula is C17H22N2O5. The number of methoxy groups -OCH3 is 1. The molecule has 0 aromatic heterocycles. The van der Waals surface area contributed by atoms with Gasteiger partial charge in [-0.3, -0.25) is 19.3 Å². The SMILES string of the molecule is CCCC(=O)c1ccc2c(c1)N(CC(=O)NCCOC)C(=O)CO2. The molecule has 2 rings (SSSR count). The number of nitrogens with one attached hydrogen (secondary N) is 1. The third-order valence-electron chi connectivity index (χ3n) is 3.63. The lowest BCUT2D eigenvalue weighted by atomic mass is 10.0. The van der Waals surface area contributed by atoms with E-state index in [4.69, 9.17) is 9.47 Å². The highest BCUT2D eigenvalue weighted by molar-refractivity contribution is 6.04. The summed E-state index contributed by atoms with van der Waals surface area (Å²) in [7, 11) is 1.54. The molecule has 1 aliphatic rings. The molecule has 0 aliphatic carbocycles. The number of hydrogen-bond acceptors (Lipinski definition) is 5. The van der Waals surface area contributed by atoms with Crippen molar-refractivity contribution in [3.8, 4) is 5.75 Å². The van der Waals surface area contributed by atoms with E-state index in [-0.39, 0.29) is 30.7 Å². The summed E-state index contributed by atoms with van der Waals surface area (Å²) in [4.78, 5) is 37.6. The van der Waals surface area contributed by atoms with Gasteiger partial charge < -0.3 is 14.8 Å². The van der Waals surface area contributed by atoms with Gasteiger partial charge in [0.05, 0.1) is 12.3 Å². The fourth-order valence-corrected chi connectivity index (χ4v) is 2.41. The number of ether oxygens (including phenoxy) is 2. The van der Waals surface area contributed by atoms with Crippen LogP contribution in [0.15, 0.2) is 18.2 Å². The van der Waals surface area contributed by atoms with Crippen molar-refractivity contribution in [1.29, 1.82) is 0 Å². The van der Waals surface area contributed by atoms with Crippen molar-refractivity contribution in [2.24, 2.45) is 0 Å². The Labute approximate surface area is 140 Å². The molecule has 7 heteroatoms. The van der Waals surface area contributed by atoms with Gasteiger partial charge in [0.25, 0.3) is 5.91 Å². The lowest BCUT2D eigenvalue weighted by molar-refractivity contribution is -0.125. The Kier molecular flexibility index (Phi) is 6.31. The number of ketones is 1. The predicted molar refractivity (Wildman–Crippen MR) is 88.4 cm³/mol. The highest BCUT2D eigenvalue weighted by atomic mass is 16.5. The summed E-state index contributed by atoms with van der Waals surface area (Å²) in [6.45, 7) is 2.45. The average molecular weight is 334 g/mol. The fourth-order valence-electron chi connectivity index (χ4n) is 2.41. The zero-order chi connectivity index (χ0) is 17.5. The first kappa shape index (κ1) is 17.9. The summed E-state index contributed by atoms with van der Waals surface area (Å²) in [5.74, 6) is -0.113. The molecule has 7 nitrogen and oxygen atoms in total. The van der Waals surface area contributed by atoms with Gasteiger partial charge in [0.2, 0.25) is 5.91 Å². The van der Waals surface area contributed by atoms with Crippen molar-refractivity contribution < 1.29 is 23.9 Å². The van der Waals surface area contributed by atoms with Crippen molar-refractivity contribution >= 4 is 23.3 Å². The van der Waals surface area contributed by atoms with Gasteiger partial charge in [0.15, 0.2) is 12.4 Å². The van der Waals surface area contributed by atoms with Crippen molar-refractivity contribution in [3.63, 3.8) is 0 Å². The molecule has 0 saturated heterocycles. The Morgan fingerprint density at radius 1 is 1.38 bits per heavy atom. The van der Waals surface area contributed by atoms with Crippen LogP contribution in [0.1, 0.15) is 30.1 Å². The summed E-state index contributed by atoms with van der Waals surface area (Å²) < 4.78 is 10.3. The van der Waals surface area contributed by atoms with Crippen LogP contribution in [-0.4, -0.2) is 51.0 Å². The van der Waals surface area contributed by atoms with Gasteiger partial charge >= 0.3 is 0 Å². The van der Waals surface area contributed by atoms with Crippen molar-refractivity contribution in [2.45, 2.75) is 19.8 Å². The van der Waals surface area contributed by atoms with E-state index in [0.717, 1.165) is 6.42 Å². The van der Waals surface area contributed by atoms with Gasteiger partial charge in [-0.15, -0.1) is 0 Å². The standard InChI is InChI=1S/C17H22N2O5/c1-3-4-14(20)12-5-6-15-13(9-12)19(17(22)11-24-15)10-16(21)18-7-8-23-2/h5-6,9H,3-4,7-8,10-11H2,1-2H3,(H,18,21). The van der Waals surface area contributed by atoms with Crippen molar-refractivity contribution in [2.75, 3.05) is 38.3 Å². The van der Waals surface area contributed by atoms with Crippen LogP contribution in [0.3, 0.4) is 0 Å². The lowest BCUT2D eigenvalue weighted by Crippen LogP contribution is -2.45. The molecule has 2 amide bonds. The first-order chi connectivity index (χ1) is 11.6. The van der Waals surface area contributed by atoms with E-state index in [0.29, 0.717) is 36.6 Å². The molecule has 0 fully saturated rings. The van der Waals surface area contributed by atoms with Gasteiger partial charge in [0, 0.05) is 25.6 Å². The Morgan fingerprint density at radius 2 is 2.17 bits per heavy atom. The molecule has 1 N–H and O–H groups in total. The minimum atomic E-state index is -0.315. The second-order valence-electron chi connectivity index (χ2n) is 5.47. The molecule has 0 saturated carbocycles. The van der Waals surface area contributed by atoms with Crippen molar-refractivity contribution in [1.82, 2.24) is 5.32 Å². The third kappa shape index (κ3) is 4.32. The monoisotopic (exact) mass is 334 g/mol. The highest BCUT2D eigenvalue weighted by Gasteiger charge is 2.28. The molecule has 130 valence electrons. The van der Waals surface area contributed by atoms with Crippen LogP contribution in [0, 0.1) is 0 Å². The van der Waals surface area contributed by atoms with Gasteiger partial charge in [-0.25, -0.2) is 0 Å². The van der Waals surface area contributed by atoms with Crippen LogP contribution >= 0.6 is 0 Å². The van der Waals surface area contributed by atoms with Crippen LogP contribution in [0.25, 0.3) is 0 Å². The predicted octanol–water partition coefficient (Wildman–Crippen LogP) is 1.16. The van der Waals surface area contributed by atoms with E-state index in [2.05, 4.69) is 5.32 Å². The number of benzene rings is 1. The third-order valence-corrected chi connectivity index (χ3v) is 3.63. The largest absolute Gasteiger partial charge is 0.482 e. The Bertz CT molecular complexity index is 629. The molecule has 0 spiro atoms. The molecule has 0 atom stereocenters. The maximum atomic E-state index is 12.1.